The molecule has 1 aromatic rings. The Labute approximate surface area is 135 Å². The highest BCUT2D eigenvalue weighted by atomic mass is 16.5. The van der Waals surface area contributed by atoms with Crippen LogP contribution >= 0.6 is 0 Å². The van der Waals surface area contributed by atoms with Gasteiger partial charge in [-0.1, -0.05) is 0 Å². The molecule has 3 saturated heterocycles. The average Bonchev–Trinajstić information content (AvgIpc) is 3.27. The van der Waals surface area contributed by atoms with E-state index in [4.69, 9.17) is 9.47 Å². The van der Waals surface area contributed by atoms with E-state index >= 15 is 0 Å². The lowest BCUT2D eigenvalue weighted by Gasteiger charge is -2.34. The van der Waals surface area contributed by atoms with Crippen LogP contribution in [0.2, 0.25) is 0 Å². The van der Waals surface area contributed by atoms with Crippen molar-refractivity contribution in [2.45, 2.75) is 43.5 Å². The minimum Gasteiger partial charge on any atom is -0.380 e. The fraction of sp³-hybridized carbons (Fsp3) is 0.750. The van der Waals surface area contributed by atoms with E-state index in [2.05, 4.69) is 15.3 Å². The zero-order valence-corrected chi connectivity index (χ0v) is 13.5. The van der Waals surface area contributed by atoms with E-state index in [0.717, 1.165) is 45.6 Å². The number of likely N-dealkylation sites (tertiary alicyclic amines) is 1. The SMILES string of the molecule is Cn1cc(C(=O)N[C@@H]2CN(C3CCOC3)[C@H]3CCCO[C@@H]23)cn1. The van der Waals surface area contributed by atoms with Crippen molar-refractivity contribution in [1.82, 2.24) is 20.0 Å². The summed E-state index contributed by atoms with van der Waals surface area (Å²) in [4.78, 5) is 15.0. The number of aromatic nitrogens is 2. The van der Waals surface area contributed by atoms with E-state index < -0.39 is 0 Å². The van der Waals surface area contributed by atoms with Gasteiger partial charge in [0.2, 0.25) is 0 Å². The standard InChI is InChI=1S/C16H24N4O3/c1-19-8-11(7-17-19)16(21)18-13-9-20(12-4-6-22-10-12)14-3-2-5-23-15(13)14/h7-8,12-15H,2-6,9-10H2,1H3,(H,18,21)/t12?,13-,14+,15+/m1/s1. The van der Waals surface area contributed by atoms with Gasteiger partial charge in [0.05, 0.1) is 30.5 Å². The molecule has 0 radical (unpaired) electrons. The van der Waals surface area contributed by atoms with E-state index in [0.29, 0.717) is 17.6 Å². The summed E-state index contributed by atoms with van der Waals surface area (Å²) in [5.74, 6) is -0.0689. The van der Waals surface area contributed by atoms with Crippen LogP contribution in [-0.4, -0.2) is 71.2 Å². The van der Waals surface area contributed by atoms with Crippen molar-refractivity contribution in [3.63, 3.8) is 0 Å². The van der Waals surface area contributed by atoms with Gasteiger partial charge in [-0.2, -0.15) is 5.10 Å². The number of hydrogen-bond acceptors (Lipinski definition) is 5. The van der Waals surface area contributed by atoms with Crippen molar-refractivity contribution in [1.29, 1.82) is 0 Å². The van der Waals surface area contributed by atoms with E-state index in [-0.39, 0.29) is 18.1 Å². The number of carbonyl (C=O) groups excluding carboxylic acids is 1. The molecule has 1 amide bonds. The normalized spacial score (nSPS) is 34.5. The van der Waals surface area contributed by atoms with Gasteiger partial charge in [-0.05, 0) is 19.3 Å². The van der Waals surface area contributed by atoms with E-state index in [1.54, 1.807) is 17.1 Å². The maximum absolute atomic E-state index is 12.5. The van der Waals surface area contributed by atoms with Gasteiger partial charge in [0.25, 0.3) is 5.91 Å². The Morgan fingerprint density at radius 2 is 2.30 bits per heavy atom. The predicted octanol–water partition coefficient (Wildman–Crippen LogP) is 0.171. The number of amides is 1. The molecule has 7 nitrogen and oxygen atoms in total. The molecule has 126 valence electrons. The highest BCUT2D eigenvalue weighted by molar-refractivity contribution is 5.93. The van der Waals surface area contributed by atoms with E-state index in [1.807, 2.05) is 7.05 Å². The number of hydrogen-bond donors (Lipinski definition) is 1. The molecule has 23 heavy (non-hydrogen) atoms. The zero-order valence-electron chi connectivity index (χ0n) is 13.5. The fourth-order valence-electron chi connectivity index (χ4n) is 4.11. The summed E-state index contributed by atoms with van der Waals surface area (Å²) in [5.41, 5.74) is 0.600. The molecule has 4 rings (SSSR count). The Morgan fingerprint density at radius 1 is 1.39 bits per heavy atom. The maximum atomic E-state index is 12.5. The van der Waals surface area contributed by atoms with Crippen LogP contribution in [0, 0.1) is 0 Å². The molecule has 4 heterocycles. The van der Waals surface area contributed by atoms with Crippen LogP contribution in [0.1, 0.15) is 29.6 Å². The molecule has 1 aromatic heterocycles. The number of ether oxygens (including phenoxy) is 2. The molecule has 0 aromatic carbocycles. The summed E-state index contributed by atoms with van der Waals surface area (Å²) in [6.07, 6.45) is 6.74. The van der Waals surface area contributed by atoms with Crippen molar-refractivity contribution in [2.75, 3.05) is 26.4 Å². The summed E-state index contributed by atoms with van der Waals surface area (Å²) in [6, 6.07) is 0.896. The molecule has 0 saturated carbocycles. The second-order valence-corrected chi connectivity index (χ2v) is 6.74. The number of nitrogens with zero attached hydrogens (tertiary/aromatic N) is 3. The largest absolute Gasteiger partial charge is 0.380 e. The Kier molecular flexibility index (Phi) is 4.09. The van der Waals surface area contributed by atoms with Gasteiger partial charge >= 0.3 is 0 Å². The number of aryl methyl sites for hydroxylation is 1. The summed E-state index contributed by atoms with van der Waals surface area (Å²) in [5, 5.41) is 7.23. The van der Waals surface area contributed by atoms with Crippen molar-refractivity contribution < 1.29 is 14.3 Å². The lowest BCUT2D eigenvalue weighted by molar-refractivity contribution is -0.0270. The fourth-order valence-corrected chi connectivity index (χ4v) is 4.11. The molecular weight excluding hydrogens is 296 g/mol. The first-order chi connectivity index (χ1) is 11.2. The Bertz CT molecular complexity index is 569. The Hall–Kier alpha value is -1.44. The average molecular weight is 320 g/mol. The number of carbonyl (C=O) groups is 1. The number of fused-ring (bicyclic) bond motifs is 1. The van der Waals surface area contributed by atoms with Gasteiger partial charge in [0.1, 0.15) is 0 Å². The number of nitrogens with one attached hydrogen (secondary N) is 1. The molecule has 1 N–H and O–H groups in total. The van der Waals surface area contributed by atoms with E-state index in [9.17, 15) is 4.79 Å². The lowest BCUT2D eigenvalue weighted by Crippen LogP contribution is -2.48. The molecule has 3 fully saturated rings. The highest BCUT2D eigenvalue weighted by Crippen LogP contribution is 2.32. The lowest BCUT2D eigenvalue weighted by atomic mass is 10.00. The van der Waals surface area contributed by atoms with Crippen LogP contribution in [0.5, 0.6) is 0 Å². The molecule has 1 unspecified atom stereocenters. The molecule has 3 aliphatic heterocycles. The molecular formula is C16H24N4O3. The second kappa shape index (κ2) is 6.22. The van der Waals surface area contributed by atoms with Gasteiger partial charge < -0.3 is 14.8 Å². The summed E-state index contributed by atoms with van der Waals surface area (Å²) in [6.45, 7) is 3.27. The highest BCUT2D eigenvalue weighted by Gasteiger charge is 2.47. The summed E-state index contributed by atoms with van der Waals surface area (Å²) in [7, 11) is 1.81. The Morgan fingerprint density at radius 3 is 3.04 bits per heavy atom. The van der Waals surface area contributed by atoms with Crippen LogP contribution in [0.4, 0.5) is 0 Å². The maximum Gasteiger partial charge on any atom is 0.254 e. The quantitative estimate of drug-likeness (QED) is 0.860. The Balaban J connectivity index is 1.48. The first kappa shape index (κ1) is 15.1. The summed E-state index contributed by atoms with van der Waals surface area (Å²) < 4.78 is 13.2. The summed E-state index contributed by atoms with van der Waals surface area (Å²) >= 11 is 0. The van der Waals surface area contributed by atoms with Gasteiger partial charge in [-0.3, -0.25) is 14.4 Å². The first-order valence-corrected chi connectivity index (χ1v) is 8.47. The van der Waals surface area contributed by atoms with Crippen LogP contribution in [0.15, 0.2) is 12.4 Å². The molecule has 4 atom stereocenters. The number of rotatable bonds is 3. The van der Waals surface area contributed by atoms with Gasteiger partial charge in [-0.15, -0.1) is 0 Å². The minimum atomic E-state index is -0.0689. The first-order valence-electron chi connectivity index (χ1n) is 8.47. The molecule has 7 heteroatoms. The van der Waals surface area contributed by atoms with Gasteiger partial charge in [0.15, 0.2) is 0 Å². The topological polar surface area (TPSA) is 68.6 Å². The second-order valence-electron chi connectivity index (χ2n) is 6.74. The third-order valence-electron chi connectivity index (χ3n) is 5.22. The monoisotopic (exact) mass is 320 g/mol. The minimum absolute atomic E-state index is 0.0357. The molecule has 0 spiro atoms. The third kappa shape index (κ3) is 2.88. The van der Waals surface area contributed by atoms with Gasteiger partial charge in [-0.25, -0.2) is 0 Å². The smallest absolute Gasteiger partial charge is 0.254 e. The van der Waals surface area contributed by atoms with E-state index in [1.165, 1.54) is 0 Å². The van der Waals surface area contributed by atoms with Crippen LogP contribution < -0.4 is 5.32 Å². The molecule has 3 aliphatic rings. The molecule has 0 aliphatic carbocycles. The predicted molar refractivity (Wildman–Crippen MR) is 83.2 cm³/mol. The van der Waals surface area contributed by atoms with Gasteiger partial charge in [0, 0.05) is 45.1 Å². The van der Waals surface area contributed by atoms with Crippen molar-refractivity contribution in [3.05, 3.63) is 18.0 Å². The van der Waals surface area contributed by atoms with Crippen molar-refractivity contribution in [2.24, 2.45) is 7.05 Å². The van der Waals surface area contributed by atoms with Crippen LogP contribution in [0.25, 0.3) is 0 Å². The van der Waals surface area contributed by atoms with Crippen molar-refractivity contribution in [3.8, 4) is 0 Å². The van der Waals surface area contributed by atoms with Crippen LogP contribution in [-0.2, 0) is 16.5 Å². The zero-order chi connectivity index (χ0) is 15.8. The van der Waals surface area contributed by atoms with Crippen LogP contribution in [0.3, 0.4) is 0 Å². The third-order valence-corrected chi connectivity index (χ3v) is 5.22. The van der Waals surface area contributed by atoms with Crippen molar-refractivity contribution >= 4 is 5.91 Å². The molecule has 0 bridgehead atoms.